The third kappa shape index (κ3) is 3.30. The van der Waals surface area contributed by atoms with Crippen LogP contribution in [0.4, 0.5) is 5.69 Å². The summed E-state index contributed by atoms with van der Waals surface area (Å²) >= 11 is 3.48. The van der Waals surface area contributed by atoms with Crippen LogP contribution < -0.4 is 4.90 Å². The number of anilines is 1. The van der Waals surface area contributed by atoms with Crippen molar-refractivity contribution in [3.8, 4) is 0 Å². The van der Waals surface area contributed by atoms with E-state index in [9.17, 15) is 5.11 Å². The molecular weight excluding hydrogens is 304 g/mol. The Bertz CT molecular complexity index is 419. The molecule has 0 saturated carbocycles. The van der Waals surface area contributed by atoms with Crippen LogP contribution in [0.25, 0.3) is 0 Å². The number of rotatable bonds is 2. The Labute approximate surface area is 124 Å². The topological polar surface area (TPSA) is 26.7 Å². The van der Waals surface area contributed by atoms with Gasteiger partial charge in [0, 0.05) is 34.8 Å². The lowest BCUT2D eigenvalue weighted by Crippen LogP contribution is -2.47. The maximum absolute atomic E-state index is 9.59. The Balaban J connectivity index is 2.30. The maximum atomic E-state index is 9.59. The van der Waals surface area contributed by atoms with Gasteiger partial charge in [-0.1, -0.05) is 15.9 Å². The van der Waals surface area contributed by atoms with Gasteiger partial charge in [0.25, 0.3) is 0 Å². The number of nitrogens with zero attached hydrogens (tertiary/aromatic N) is 2. The van der Waals surface area contributed by atoms with E-state index in [1.807, 2.05) is 0 Å². The molecule has 1 N–H and O–H groups in total. The highest BCUT2D eigenvalue weighted by atomic mass is 79.9. The SMILES string of the molecule is CN1CCC(C)(C)N(c2ccc(Br)cc2)CC1CO. The van der Waals surface area contributed by atoms with Gasteiger partial charge >= 0.3 is 0 Å². The van der Waals surface area contributed by atoms with Gasteiger partial charge in [-0.3, -0.25) is 4.90 Å². The van der Waals surface area contributed by atoms with E-state index < -0.39 is 0 Å². The average Bonchev–Trinajstić information content (AvgIpc) is 2.49. The van der Waals surface area contributed by atoms with Crippen molar-refractivity contribution < 1.29 is 5.11 Å². The first kappa shape index (κ1) is 14.8. The summed E-state index contributed by atoms with van der Waals surface area (Å²) in [7, 11) is 2.10. The van der Waals surface area contributed by atoms with Crippen molar-refractivity contribution in [2.24, 2.45) is 0 Å². The van der Waals surface area contributed by atoms with Crippen molar-refractivity contribution in [2.75, 3.05) is 31.6 Å². The highest BCUT2D eigenvalue weighted by molar-refractivity contribution is 9.10. The number of halogens is 1. The molecule has 106 valence electrons. The number of likely N-dealkylation sites (N-methyl/N-ethyl adjacent to an activating group) is 1. The molecule has 0 amide bonds. The first-order valence-corrected chi connectivity index (χ1v) is 7.57. The van der Waals surface area contributed by atoms with Crippen LogP contribution in [0.5, 0.6) is 0 Å². The number of aliphatic hydroxyl groups excluding tert-OH is 1. The predicted molar refractivity (Wildman–Crippen MR) is 83.7 cm³/mol. The van der Waals surface area contributed by atoms with Crippen molar-refractivity contribution >= 4 is 21.6 Å². The molecule has 1 saturated heterocycles. The summed E-state index contributed by atoms with van der Waals surface area (Å²) in [6.07, 6.45) is 1.09. The Hall–Kier alpha value is -0.580. The third-order valence-electron chi connectivity index (χ3n) is 4.17. The number of benzene rings is 1. The van der Waals surface area contributed by atoms with Gasteiger partial charge in [0.05, 0.1) is 6.61 Å². The average molecular weight is 327 g/mol. The van der Waals surface area contributed by atoms with E-state index in [2.05, 4.69) is 70.9 Å². The smallest absolute Gasteiger partial charge is 0.0604 e. The first-order chi connectivity index (χ1) is 8.94. The maximum Gasteiger partial charge on any atom is 0.0604 e. The predicted octanol–water partition coefficient (Wildman–Crippen LogP) is 2.73. The fourth-order valence-corrected chi connectivity index (χ4v) is 2.90. The Morgan fingerprint density at radius 2 is 1.95 bits per heavy atom. The molecule has 0 spiro atoms. The first-order valence-electron chi connectivity index (χ1n) is 6.78. The molecule has 0 aromatic heterocycles. The molecule has 1 unspecified atom stereocenters. The fourth-order valence-electron chi connectivity index (χ4n) is 2.64. The molecule has 19 heavy (non-hydrogen) atoms. The molecule has 1 fully saturated rings. The van der Waals surface area contributed by atoms with Gasteiger partial charge in [-0.15, -0.1) is 0 Å². The monoisotopic (exact) mass is 326 g/mol. The van der Waals surface area contributed by atoms with E-state index in [4.69, 9.17) is 0 Å². The molecule has 3 nitrogen and oxygen atoms in total. The summed E-state index contributed by atoms with van der Waals surface area (Å²) < 4.78 is 1.10. The number of aliphatic hydroxyl groups is 1. The summed E-state index contributed by atoms with van der Waals surface area (Å²) in [5.41, 5.74) is 1.33. The van der Waals surface area contributed by atoms with Crippen LogP contribution in [0.3, 0.4) is 0 Å². The van der Waals surface area contributed by atoms with E-state index in [1.54, 1.807) is 0 Å². The van der Waals surface area contributed by atoms with Gasteiger partial charge in [-0.2, -0.15) is 0 Å². The molecule has 1 aliphatic rings. The van der Waals surface area contributed by atoms with Crippen LogP contribution in [-0.4, -0.2) is 48.3 Å². The lowest BCUT2D eigenvalue weighted by Gasteiger charge is -2.40. The van der Waals surface area contributed by atoms with Crippen LogP contribution in [-0.2, 0) is 0 Å². The van der Waals surface area contributed by atoms with Crippen LogP contribution >= 0.6 is 15.9 Å². The summed E-state index contributed by atoms with van der Waals surface area (Å²) in [5, 5.41) is 9.59. The molecule has 1 atom stereocenters. The standard InChI is InChI=1S/C15H23BrN2O/c1-15(2)8-9-17(3)14(11-19)10-18(15)13-6-4-12(16)5-7-13/h4-7,14,19H,8-11H2,1-3H3. The quantitative estimate of drug-likeness (QED) is 0.905. The number of hydrogen-bond acceptors (Lipinski definition) is 3. The second kappa shape index (κ2) is 5.81. The Morgan fingerprint density at radius 1 is 1.32 bits per heavy atom. The normalized spacial score (nSPS) is 24.3. The van der Waals surface area contributed by atoms with E-state index >= 15 is 0 Å². The molecule has 2 rings (SSSR count). The zero-order valence-electron chi connectivity index (χ0n) is 11.9. The van der Waals surface area contributed by atoms with E-state index in [0.717, 1.165) is 24.0 Å². The van der Waals surface area contributed by atoms with E-state index in [0.29, 0.717) is 0 Å². The molecule has 1 aromatic rings. The minimum atomic E-state index is 0.103. The molecule has 4 heteroatoms. The van der Waals surface area contributed by atoms with Crippen LogP contribution in [0, 0.1) is 0 Å². The van der Waals surface area contributed by atoms with Gasteiger partial charge in [0.2, 0.25) is 0 Å². The van der Waals surface area contributed by atoms with Crippen molar-refractivity contribution in [3.05, 3.63) is 28.7 Å². The zero-order chi connectivity index (χ0) is 14.0. The molecular formula is C15H23BrN2O. The molecule has 1 heterocycles. The number of hydrogen-bond donors (Lipinski definition) is 1. The highest BCUT2D eigenvalue weighted by Crippen LogP contribution is 2.30. The molecule has 0 bridgehead atoms. The Kier molecular flexibility index (Phi) is 4.54. The second-order valence-electron chi connectivity index (χ2n) is 5.97. The minimum absolute atomic E-state index is 0.103. The van der Waals surface area contributed by atoms with Gasteiger partial charge in [0.1, 0.15) is 0 Å². The van der Waals surface area contributed by atoms with Crippen molar-refractivity contribution in [1.29, 1.82) is 0 Å². The van der Waals surface area contributed by atoms with Crippen LogP contribution in [0.1, 0.15) is 20.3 Å². The molecule has 1 aliphatic heterocycles. The second-order valence-corrected chi connectivity index (χ2v) is 6.88. The lowest BCUT2D eigenvalue weighted by molar-refractivity contribution is 0.158. The van der Waals surface area contributed by atoms with Gasteiger partial charge in [-0.25, -0.2) is 0 Å². The summed E-state index contributed by atoms with van der Waals surface area (Å²) in [6, 6.07) is 8.64. The summed E-state index contributed by atoms with van der Waals surface area (Å²) in [4.78, 5) is 4.68. The lowest BCUT2D eigenvalue weighted by atomic mass is 9.97. The highest BCUT2D eigenvalue weighted by Gasteiger charge is 2.33. The van der Waals surface area contributed by atoms with Crippen molar-refractivity contribution in [2.45, 2.75) is 31.8 Å². The van der Waals surface area contributed by atoms with Crippen molar-refractivity contribution in [1.82, 2.24) is 4.90 Å². The van der Waals surface area contributed by atoms with Gasteiger partial charge in [-0.05, 0) is 51.6 Å². The largest absolute Gasteiger partial charge is 0.395 e. The zero-order valence-corrected chi connectivity index (χ0v) is 13.5. The van der Waals surface area contributed by atoms with Crippen LogP contribution in [0.15, 0.2) is 28.7 Å². The fraction of sp³-hybridized carbons (Fsp3) is 0.600. The van der Waals surface area contributed by atoms with E-state index in [-0.39, 0.29) is 18.2 Å². The molecule has 1 aromatic carbocycles. The van der Waals surface area contributed by atoms with E-state index in [1.165, 1.54) is 5.69 Å². The minimum Gasteiger partial charge on any atom is -0.395 e. The van der Waals surface area contributed by atoms with Gasteiger partial charge in [0.15, 0.2) is 0 Å². The van der Waals surface area contributed by atoms with Crippen molar-refractivity contribution in [3.63, 3.8) is 0 Å². The van der Waals surface area contributed by atoms with Crippen LogP contribution in [0.2, 0.25) is 0 Å². The molecule has 0 radical (unpaired) electrons. The Morgan fingerprint density at radius 3 is 2.53 bits per heavy atom. The summed E-state index contributed by atoms with van der Waals surface area (Å²) in [6.45, 7) is 6.65. The summed E-state index contributed by atoms with van der Waals surface area (Å²) in [5.74, 6) is 0. The third-order valence-corrected chi connectivity index (χ3v) is 4.70. The van der Waals surface area contributed by atoms with Gasteiger partial charge < -0.3 is 10.0 Å². The molecule has 0 aliphatic carbocycles.